The van der Waals surface area contributed by atoms with Crippen molar-refractivity contribution in [1.82, 2.24) is 0 Å². The predicted octanol–water partition coefficient (Wildman–Crippen LogP) is 1.15. The number of likely N-dealkylation sites (N-methyl/N-ethyl adjacent to an activating group) is 1. The second kappa shape index (κ2) is 6.70. The molecule has 15 heteroatoms. The SMILES string of the molecule is C[N+](C)(C)CC1CO1.O=S(=O)([N-]S(=O)(=O)C(F)(F)F)C(F)(F)F. The molecule has 0 spiro atoms. The summed E-state index contributed by atoms with van der Waals surface area (Å²) in [5, 5.41) is 0. The summed E-state index contributed by atoms with van der Waals surface area (Å²) in [7, 11) is -6.90. The molecule has 0 N–H and O–H groups in total. The topological polar surface area (TPSA) is 94.9 Å². The molecule has 0 aromatic rings. The number of alkyl halides is 6. The molecule has 0 amide bonds. The van der Waals surface area contributed by atoms with Gasteiger partial charge in [-0.15, -0.1) is 0 Å². The minimum Gasteiger partial charge on any atom is -0.421 e. The fourth-order valence-corrected chi connectivity index (χ4v) is 2.71. The van der Waals surface area contributed by atoms with E-state index in [1.165, 1.54) is 0 Å². The Labute approximate surface area is 128 Å². The number of hydrogen-bond acceptors (Lipinski definition) is 5. The maximum absolute atomic E-state index is 11.4. The lowest BCUT2D eigenvalue weighted by molar-refractivity contribution is -0.870. The van der Waals surface area contributed by atoms with Crippen molar-refractivity contribution in [3.63, 3.8) is 0 Å². The highest BCUT2D eigenvalue weighted by molar-refractivity contribution is 8.13. The van der Waals surface area contributed by atoms with Gasteiger partial charge in [0.2, 0.25) is 0 Å². The second-order valence-corrected chi connectivity index (χ2v) is 8.77. The largest absolute Gasteiger partial charge is 0.480 e. The molecule has 23 heavy (non-hydrogen) atoms. The first kappa shape index (κ1) is 22.4. The van der Waals surface area contributed by atoms with Crippen LogP contribution in [-0.4, -0.2) is 72.7 Å². The average molecular weight is 396 g/mol. The van der Waals surface area contributed by atoms with Crippen LogP contribution in [0, 0.1) is 0 Å². The Hall–Kier alpha value is -0.640. The highest BCUT2D eigenvalue weighted by Gasteiger charge is 2.46. The Morgan fingerprint density at radius 1 is 0.957 bits per heavy atom. The number of ether oxygens (including phenoxy) is 1. The maximum atomic E-state index is 11.4. The average Bonchev–Trinajstić information content (AvgIpc) is 2.94. The highest BCUT2D eigenvalue weighted by Crippen LogP contribution is 2.36. The standard InChI is InChI=1S/C6H14NO.C2F6NO4S2/c1-7(2,3)4-6-5-8-6;3-1(4,5)14(10,11)9-15(12,13)2(6,7)8/h6H,4-5H2,1-3H3;/q+1;-1. The zero-order valence-electron chi connectivity index (χ0n) is 12.0. The molecule has 0 bridgehead atoms. The second-order valence-electron chi connectivity index (χ2n) is 5.34. The number of nitrogens with zero attached hydrogens (tertiary/aromatic N) is 2. The summed E-state index contributed by atoms with van der Waals surface area (Å²) in [5.74, 6) is 0. The lowest BCUT2D eigenvalue weighted by atomic mass is 10.4. The first-order chi connectivity index (χ1) is 9.79. The molecule has 0 aromatic heterocycles. The van der Waals surface area contributed by atoms with Crippen LogP contribution in [0.4, 0.5) is 26.3 Å². The molecule has 0 aromatic carbocycles. The molecule has 1 heterocycles. The summed E-state index contributed by atoms with van der Waals surface area (Å²) in [6.07, 6.45) is 0.565. The Morgan fingerprint density at radius 3 is 1.39 bits per heavy atom. The molecule has 1 fully saturated rings. The smallest absolute Gasteiger partial charge is 0.421 e. The highest BCUT2D eigenvalue weighted by atomic mass is 32.3. The zero-order chi connectivity index (χ0) is 18.9. The number of epoxide rings is 1. The molecule has 7 nitrogen and oxygen atoms in total. The molecule has 1 aliphatic rings. The van der Waals surface area contributed by atoms with E-state index in [1.807, 2.05) is 0 Å². The van der Waals surface area contributed by atoms with E-state index in [0.29, 0.717) is 6.10 Å². The molecule has 1 rings (SSSR count). The van der Waals surface area contributed by atoms with Crippen molar-refractivity contribution in [2.75, 3.05) is 34.3 Å². The number of quaternary nitrogens is 1. The molecule has 1 saturated heterocycles. The van der Waals surface area contributed by atoms with Gasteiger partial charge in [0.15, 0.2) is 20.0 Å². The van der Waals surface area contributed by atoms with Gasteiger partial charge in [-0.3, -0.25) is 0 Å². The van der Waals surface area contributed by atoms with Crippen molar-refractivity contribution < 1.29 is 52.4 Å². The van der Waals surface area contributed by atoms with Crippen LogP contribution in [0.2, 0.25) is 0 Å². The van der Waals surface area contributed by atoms with Crippen LogP contribution in [0.15, 0.2) is 0 Å². The van der Waals surface area contributed by atoms with Gasteiger partial charge in [0.1, 0.15) is 12.6 Å². The minimum absolute atomic E-state index is 0.565. The van der Waals surface area contributed by atoms with Crippen LogP contribution < -0.4 is 0 Å². The first-order valence-electron chi connectivity index (χ1n) is 5.57. The summed E-state index contributed by atoms with van der Waals surface area (Å²) >= 11 is 0. The van der Waals surface area contributed by atoms with E-state index in [4.69, 9.17) is 4.74 Å². The summed E-state index contributed by atoms with van der Waals surface area (Å²) in [4.78, 5) is 0. The van der Waals surface area contributed by atoms with E-state index < -0.39 is 31.1 Å². The lowest BCUT2D eigenvalue weighted by Gasteiger charge is -2.22. The van der Waals surface area contributed by atoms with Gasteiger partial charge in [-0.2, -0.15) is 26.3 Å². The van der Waals surface area contributed by atoms with E-state index in [-0.39, 0.29) is 0 Å². The van der Waals surface area contributed by atoms with Gasteiger partial charge in [0, 0.05) is 0 Å². The Bertz CT molecular complexity index is 558. The monoisotopic (exact) mass is 396 g/mol. The van der Waals surface area contributed by atoms with Crippen LogP contribution in [0.25, 0.3) is 4.13 Å². The third-order valence-corrected chi connectivity index (χ3v) is 4.67. The van der Waals surface area contributed by atoms with Crippen molar-refractivity contribution in [1.29, 1.82) is 0 Å². The zero-order valence-corrected chi connectivity index (χ0v) is 13.6. The molecule has 1 atom stereocenters. The van der Waals surface area contributed by atoms with Crippen LogP contribution >= 0.6 is 0 Å². The van der Waals surface area contributed by atoms with Crippen LogP contribution in [0.3, 0.4) is 0 Å². The fraction of sp³-hybridized carbons (Fsp3) is 1.00. The quantitative estimate of drug-likeness (QED) is 0.404. The van der Waals surface area contributed by atoms with E-state index in [1.54, 1.807) is 0 Å². The Morgan fingerprint density at radius 2 is 1.26 bits per heavy atom. The van der Waals surface area contributed by atoms with Gasteiger partial charge in [-0.1, -0.05) is 0 Å². The third kappa shape index (κ3) is 8.14. The van der Waals surface area contributed by atoms with E-state index in [2.05, 4.69) is 21.1 Å². The van der Waals surface area contributed by atoms with Gasteiger partial charge >= 0.3 is 11.0 Å². The molecule has 0 saturated carbocycles. The molecule has 0 radical (unpaired) electrons. The Balaban J connectivity index is 0.000000502. The van der Waals surface area contributed by atoms with Crippen LogP contribution in [0.5, 0.6) is 0 Å². The summed E-state index contributed by atoms with van der Waals surface area (Å²) in [5.41, 5.74) is -12.4. The molecule has 1 aliphatic heterocycles. The molecular weight excluding hydrogens is 382 g/mol. The maximum Gasteiger partial charge on any atom is 0.480 e. The van der Waals surface area contributed by atoms with Crippen molar-refractivity contribution in [3.8, 4) is 0 Å². The van der Waals surface area contributed by atoms with Crippen molar-refractivity contribution in [2.45, 2.75) is 17.1 Å². The summed E-state index contributed by atoms with van der Waals surface area (Å²) < 4.78 is 115. The number of halogens is 6. The fourth-order valence-electron chi connectivity index (χ4n) is 0.998. The van der Waals surface area contributed by atoms with Crippen molar-refractivity contribution >= 4 is 20.0 Å². The number of hydrogen-bond donors (Lipinski definition) is 0. The van der Waals surface area contributed by atoms with Gasteiger partial charge in [0.25, 0.3) is 0 Å². The van der Waals surface area contributed by atoms with E-state index >= 15 is 0 Å². The molecule has 0 aliphatic carbocycles. The number of sulfonamides is 2. The van der Waals surface area contributed by atoms with Gasteiger partial charge < -0.3 is 13.3 Å². The van der Waals surface area contributed by atoms with Crippen molar-refractivity contribution in [2.24, 2.45) is 0 Å². The normalized spacial score (nSPS) is 19.8. The summed E-state index contributed by atoms with van der Waals surface area (Å²) in [6, 6.07) is 0. The minimum atomic E-state index is -6.72. The summed E-state index contributed by atoms with van der Waals surface area (Å²) in [6.45, 7) is 2.13. The van der Waals surface area contributed by atoms with Gasteiger partial charge in [0.05, 0.1) is 27.7 Å². The lowest BCUT2D eigenvalue weighted by Crippen LogP contribution is -2.37. The Kier molecular flexibility index (Phi) is 6.51. The number of rotatable bonds is 4. The molecule has 1 unspecified atom stereocenters. The van der Waals surface area contributed by atoms with Crippen LogP contribution in [-0.2, 0) is 24.8 Å². The molecule has 140 valence electrons. The van der Waals surface area contributed by atoms with E-state index in [9.17, 15) is 43.2 Å². The van der Waals surface area contributed by atoms with Crippen LogP contribution in [0.1, 0.15) is 0 Å². The predicted molar refractivity (Wildman–Crippen MR) is 65.9 cm³/mol. The van der Waals surface area contributed by atoms with Gasteiger partial charge in [-0.05, 0) is 0 Å². The third-order valence-electron chi connectivity index (χ3n) is 1.93. The molecular formula is C8H14F6N2O5S2. The van der Waals surface area contributed by atoms with E-state index in [0.717, 1.165) is 21.8 Å². The first-order valence-corrected chi connectivity index (χ1v) is 8.45. The van der Waals surface area contributed by atoms with Crippen molar-refractivity contribution in [3.05, 3.63) is 4.13 Å². The van der Waals surface area contributed by atoms with Gasteiger partial charge in [-0.25, -0.2) is 16.8 Å².